The van der Waals surface area contributed by atoms with Gasteiger partial charge < -0.3 is 25.3 Å². The lowest BCUT2D eigenvalue weighted by molar-refractivity contribution is 0.405. The zero-order valence-electron chi connectivity index (χ0n) is 13.8. The second-order valence-corrected chi connectivity index (χ2v) is 5.72. The number of methoxy groups -OCH3 is 3. The number of hydrogen-bond acceptors (Lipinski definition) is 4. The first-order chi connectivity index (χ1) is 11.6. The van der Waals surface area contributed by atoms with E-state index >= 15 is 0 Å². The molecule has 0 saturated heterocycles. The number of halogens is 1. The minimum absolute atomic E-state index is 0.286. The molecule has 128 valence electrons. The van der Waals surface area contributed by atoms with E-state index in [-0.39, 0.29) is 5.96 Å². The summed E-state index contributed by atoms with van der Waals surface area (Å²) in [4.78, 5) is 4.34. The highest BCUT2D eigenvalue weighted by Gasteiger charge is 2.06. The second kappa shape index (κ2) is 8.44. The molecule has 0 radical (unpaired) electrons. The first-order valence-corrected chi connectivity index (χ1v) is 7.98. The van der Waals surface area contributed by atoms with Crippen molar-refractivity contribution in [3.63, 3.8) is 0 Å². The number of guanidine groups is 1. The van der Waals surface area contributed by atoms with Gasteiger partial charge in [-0.3, -0.25) is 0 Å². The molecule has 0 aromatic heterocycles. The Morgan fingerprint density at radius 3 is 2.38 bits per heavy atom. The molecule has 24 heavy (non-hydrogen) atoms. The van der Waals surface area contributed by atoms with Crippen LogP contribution < -0.4 is 25.3 Å². The van der Waals surface area contributed by atoms with E-state index in [0.29, 0.717) is 23.7 Å². The van der Waals surface area contributed by atoms with E-state index < -0.39 is 0 Å². The predicted molar refractivity (Wildman–Crippen MR) is 99.2 cm³/mol. The van der Waals surface area contributed by atoms with Crippen molar-refractivity contribution in [2.75, 3.05) is 26.6 Å². The van der Waals surface area contributed by atoms with Crippen molar-refractivity contribution in [3.05, 3.63) is 46.4 Å². The lowest BCUT2D eigenvalue weighted by atomic mass is 10.2. The lowest BCUT2D eigenvalue weighted by Gasteiger charge is -2.12. The molecule has 0 atom stereocenters. The summed E-state index contributed by atoms with van der Waals surface area (Å²) in [7, 11) is 4.82. The highest BCUT2D eigenvalue weighted by atomic mass is 79.9. The number of rotatable bonds is 6. The number of nitrogens with two attached hydrogens (primary N) is 1. The van der Waals surface area contributed by atoms with Crippen molar-refractivity contribution in [3.8, 4) is 17.2 Å². The largest absolute Gasteiger partial charge is 0.497 e. The molecule has 2 aromatic rings. The molecule has 0 aliphatic rings. The van der Waals surface area contributed by atoms with Gasteiger partial charge in [0.2, 0.25) is 0 Å². The summed E-state index contributed by atoms with van der Waals surface area (Å²) in [5, 5.41) is 3.03. The smallest absolute Gasteiger partial charge is 0.193 e. The maximum absolute atomic E-state index is 5.97. The van der Waals surface area contributed by atoms with E-state index in [1.165, 1.54) is 0 Å². The Hall–Kier alpha value is -2.41. The molecular weight excluding hydrogens is 374 g/mol. The van der Waals surface area contributed by atoms with E-state index in [0.717, 1.165) is 15.8 Å². The lowest BCUT2D eigenvalue weighted by Crippen LogP contribution is -2.23. The van der Waals surface area contributed by atoms with E-state index in [1.807, 2.05) is 24.3 Å². The summed E-state index contributed by atoms with van der Waals surface area (Å²) in [6.07, 6.45) is 0. The highest BCUT2D eigenvalue weighted by Crippen LogP contribution is 2.29. The Morgan fingerprint density at radius 1 is 1.04 bits per heavy atom. The fourth-order valence-electron chi connectivity index (χ4n) is 2.07. The summed E-state index contributed by atoms with van der Waals surface area (Å²) >= 11 is 3.45. The van der Waals surface area contributed by atoms with E-state index in [4.69, 9.17) is 19.9 Å². The zero-order chi connectivity index (χ0) is 17.5. The molecule has 0 saturated carbocycles. The van der Waals surface area contributed by atoms with Gasteiger partial charge in [-0.05, 0) is 45.8 Å². The molecule has 0 aliphatic carbocycles. The van der Waals surface area contributed by atoms with Gasteiger partial charge in [-0.25, -0.2) is 4.99 Å². The quantitative estimate of drug-likeness (QED) is 0.580. The van der Waals surface area contributed by atoms with Gasteiger partial charge in [0, 0.05) is 6.07 Å². The molecule has 0 aliphatic heterocycles. The van der Waals surface area contributed by atoms with E-state index in [9.17, 15) is 0 Å². The van der Waals surface area contributed by atoms with Crippen molar-refractivity contribution >= 4 is 27.6 Å². The first kappa shape index (κ1) is 17.9. The molecule has 7 heteroatoms. The van der Waals surface area contributed by atoms with Gasteiger partial charge in [-0.1, -0.05) is 6.07 Å². The molecule has 0 spiro atoms. The average molecular weight is 394 g/mol. The van der Waals surface area contributed by atoms with Crippen LogP contribution in [0.1, 0.15) is 5.56 Å². The Morgan fingerprint density at radius 2 is 1.75 bits per heavy atom. The first-order valence-electron chi connectivity index (χ1n) is 7.18. The van der Waals surface area contributed by atoms with Crippen LogP contribution in [0.2, 0.25) is 0 Å². The Bertz CT molecular complexity index is 735. The van der Waals surface area contributed by atoms with Crippen molar-refractivity contribution in [2.45, 2.75) is 6.54 Å². The summed E-state index contributed by atoms with van der Waals surface area (Å²) in [6, 6.07) is 11.2. The van der Waals surface area contributed by atoms with Gasteiger partial charge >= 0.3 is 0 Å². The molecule has 0 fully saturated rings. The average Bonchev–Trinajstić information content (AvgIpc) is 2.60. The number of benzene rings is 2. The molecule has 2 aromatic carbocycles. The topological polar surface area (TPSA) is 78.1 Å². The number of hydrogen-bond donors (Lipinski definition) is 2. The second-order valence-electron chi connectivity index (χ2n) is 4.86. The number of ether oxygens (including phenoxy) is 3. The van der Waals surface area contributed by atoms with Gasteiger partial charge in [0.15, 0.2) is 5.96 Å². The van der Waals surface area contributed by atoms with Crippen LogP contribution >= 0.6 is 15.9 Å². The summed E-state index contributed by atoms with van der Waals surface area (Å²) in [6.45, 7) is 0.438. The van der Waals surface area contributed by atoms with Crippen LogP contribution in [0, 0.1) is 0 Å². The predicted octanol–water partition coefficient (Wildman–Crippen LogP) is 3.40. The highest BCUT2D eigenvalue weighted by molar-refractivity contribution is 9.10. The summed E-state index contributed by atoms with van der Waals surface area (Å²) in [5.74, 6) is 2.41. The minimum Gasteiger partial charge on any atom is -0.497 e. The van der Waals surface area contributed by atoms with Crippen LogP contribution in [0.25, 0.3) is 0 Å². The number of anilines is 1. The minimum atomic E-state index is 0.286. The number of nitrogens with one attached hydrogen (secondary N) is 1. The molecule has 6 nitrogen and oxygen atoms in total. The van der Waals surface area contributed by atoms with Crippen LogP contribution in [0.3, 0.4) is 0 Å². The maximum atomic E-state index is 5.97. The third-order valence-corrected chi connectivity index (χ3v) is 3.94. The van der Waals surface area contributed by atoms with Crippen LogP contribution in [0.5, 0.6) is 17.2 Å². The SMILES string of the molecule is COc1ccc(OC)c(NC(N)=NCc2ccc(OC)c(Br)c2)c1. The Kier molecular flexibility index (Phi) is 6.31. The fraction of sp³-hybridized carbons (Fsp3) is 0.235. The van der Waals surface area contributed by atoms with E-state index in [2.05, 4.69) is 26.2 Å². The van der Waals surface area contributed by atoms with Crippen LogP contribution in [0.4, 0.5) is 5.69 Å². The molecule has 0 unspecified atom stereocenters. The van der Waals surface area contributed by atoms with E-state index in [1.54, 1.807) is 33.5 Å². The summed E-state index contributed by atoms with van der Waals surface area (Å²) in [5.41, 5.74) is 7.66. The number of aliphatic imine (C=N–C) groups is 1. The number of nitrogens with zero attached hydrogens (tertiary/aromatic N) is 1. The molecule has 0 heterocycles. The van der Waals surface area contributed by atoms with Gasteiger partial charge in [-0.15, -0.1) is 0 Å². The van der Waals surface area contributed by atoms with Crippen molar-refractivity contribution in [2.24, 2.45) is 10.7 Å². The van der Waals surface area contributed by atoms with Crippen LogP contribution in [-0.4, -0.2) is 27.3 Å². The van der Waals surface area contributed by atoms with Gasteiger partial charge in [0.25, 0.3) is 0 Å². The standard InChI is InChI=1S/C17H20BrN3O3/c1-22-12-5-7-16(24-3)14(9-12)21-17(19)20-10-11-4-6-15(23-2)13(18)8-11/h4-9H,10H2,1-3H3,(H3,19,20,21). The van der Waals surface area contributed by atoms with Gasteiger partial charge in [-0.2, -0.15) is 0 Å². The van der Waals surface area contributed by atoms with Crippen LogP contribution in [0.15, 0.2) is 45.9 Å². The van der Waals surface area contributed by atoms with Gasteiger partial charge in [0.05, 0.1) is 38.0 Å². The van der Waals surface area contributed by atoms with Gasteiger partial charge in [0.1, 0.15) is 17.2 Å². The zero-order valence-corrected chi connectivity index (χ0v) is 15.4. The Balaban J connectivity index is 2.10. The molecule has 3 N–H and O–H groups in total. The molecular formula is C17H20BrN3O3. The molecule has 0 bridgehead atoms. The molecule has 0 amide bonds. The maximum Gasteiger partial charge on any atom is 0.193 e. The third kappa shape index (κ3) is 4.55. The normalized spacial score (nSPS) is 11.1. The fourth-order valence-corrected chi connectivity index (χ4v) is 2.66. The van der Waals surface area contributed by atoms with Crippen molar-refractivity contribution < 1.29 is 14.2 Å². The third-order valence-electron chi connectivity index (χ3n) is 3.32. The van der Waals surface area contributed by atoms with Crippen molar-refractivity contribution in [1.29, 1.82) is 0 Å². The summed E-state index contributed by atoms with van der Waals surface area (Å²) < 4.78 is 16.6. The Labute approximate surface area is 149 Å². The monoisotopic (exact) mass is 393 g/mol. The van der Waals surface area contributed by atoms with Crippen LogP contribution in [-0.2, 0) is 6.54 Å². The molecule has 2 rings (SSSR count). The van der Waals surface area contributed by atoms with Crippen molar-refractivity contribution in [1.82, 2.24) is 0 Å².